The highest BCUT2D eigenvalue weighted by Gasteiger charge is 2.35. The smallest absolute Gasteiger partial charge is 0.238 e. The fourth-order valence-electron chi connectivity index (χ4n) is 3.54. The number of para-hydroxylation sites is 2. The van der Waals surface area contributed by atoms with Crippen LogP contribution in [-0.2, 0) is 16.0 Å². The number of anilines is 1. The minimum atomic E-state index is -0.582. The van der Waals surface area contributed by atoms with E-state index < -0.39 is 5.25 Å². The number of aryl methyl sites for hydroxylation is 1. The van der Waals surface area contributed by atoms with Crippen molar-refractivity contribution in [1.29, 1.82) is 0 Å². The van der Waals surface area contributed by atoms with Crippen molar-refractivity contribution in [3.63, 3.8) is 0 Å². The Morgan fingerprint density at radius 1 is 1.00 bits per heavy atom. The van der Waals surface area contributed by atoms with Crippen molar-refractivity contribution in [3.8, 4) is 0 Å². The first kappa shape index (κ1) is 23.1. The SMILES string of the molecule is O=C(Nc1ccccc1Cl)C1CC(=O)N(CCCc2ccccc2)C(=Nc2ccccc2)S1. The van der Waals surface area contributed by atoms with Crippen LogP contribution in [0.15, 0.2) is 89.9 Å². The molecule has 5 nitrogen and oxygen atoms in total. The Hall–Kier alpha value is -3.09. The summed E-state index contributed by atoms with van der Waals surface area (Å²) in [5.74, 6) is -0.359. The standard InChI is InChI=1S/C26H24ClN3O2S/c27-21-15-7-8-16-22(21)29-25(32)23-18-24(31)30(17-9-12-19-10-3-1-4-11-19)26(33-23)28-20-13-5-2-6-14-20/h1-8,10-11,13-16,23H,9,12,17-18H2,(H,29,32). The lowest BCUT2D eigenvalue weighted by molar-refractivity contribution is -0.129. The van der Waals surface area contributed by atoms with Crippen LogP contribution in [-0.4, -0.2) is 33.7 Å². The second-order valence-electron chi connectivity index (χ2n) is 7.64. The van der Waals surface area contributed by atoms with Gasteiger partial charge in [0.1, 0.15) is 5.25 Å². The third-order valence-electron chi connectivity index (χ3n) is 5.23. The second kappa shape index (κ2) is 11.2. The summed E-state index contributed by atoms with van der Waals surface area (Å²) >= 11 is 7.50. The van der Waals surface area contributed by atoms with Crippen molar-refractivity contribution in [2.24, 2.45) is 4.99 Å². The number of hydrogen-bond acceptors (Lipinski definition) is 4. The van der Waals surface area contributed by atoms with Crippen molar-refractivity contribution in [2.45, 2.75) is 24.5 Å². The Kier molecular flexibility index (Phi) is 7.81. The quantitative estimate of drug-likeness (QED) is 0.458. The van der Waals surface area contributed by atoms with Crippen LogP contribution < -0.4 is 5.32 Å². The summed E-state index contributed by atoms with van der Waals surface area (Å²) in [5, 5.41) is 3.27. The first-order chi connectivity index (χ1) is 16.1. The molecule has 3 aromatic rings. The molecule has 4 rings (SSSR count). The lowest BCUT2D eigenvalue weighted by atomic mass is 10.1. The lowest BCUT2D eigenvalue weighted by Crippen LogP contribution is -2.45. The first-order valence-electron chi connectivity index (χ1n) is 10.8. The van der Waals surface area contributed by atoms with E-state index in [1.165, 1.54) is 17.3 Å². The molecule has 7 heteroatoms. The van der Waals surface area contributed by atoms with E-state index in [0.29, 0.717) is 22.4 Å². The van der Waals surface area contributed by atoms with Crippen LogP contribution in [0.25, 0.3) is 0 Å². The summed E-state index contributed by atoms with van der Waals surface area (Å²) in [6.07, 6.45) is 1.78. The summed E-state index contributed by atoms with van der Waals surface area (Å²) in [6, 6.07) is 26.7. The summed E-state index contributed by atoms with van der Waals surface area (Å²) in [7, 11) is 0. The molecular formula is C26H24ClN3O2S. The number of nitrogens with zero attached hydrogens (tertiary/aromatic N) is 2. The molecule has 1 N–H and O–H groups in total. The fraction of sp³-hybridized carbons (Fsp3) is 0.192. The van der Waals surface area contributed by atoms with Crippen molar-refractivity contribution in [3.05, 3.63) is 95.5 Å². The Morgan fingerprint density at radius 2 is 1.67 bits per heavy atom. The molecule has 0 bridgehead atoms. The molecule has 1 saturated heterocycles. The third kappa shape index (κ3) is 6.24. The van der Waals surface area contributed by atoms with E-state index in [9.17, 15) is 9.59 Å². The van der Waals surface area contributed by atoms with Gasteiger partial charge in [-0.2, -0.15) is 0 Å². The molecule has 168 valence electrons. The molecule has 0 spiro atoms. The van der Waals surface area contributed by atoms with Gasteiger partial charge in [-0.15, -0.1) is 0 Å². The van der Waals surface area contributed by atoms with E-state index in [1.54, 1.807) is 29.2 Å². The van der Waals surface area contributed by atoms with Crippen molar-refractivity contribution < 1.29 is 9.59 Å². The Bertz CT molecular complexity index is 1140. The van der Waals surface area contributed by atoms with Crippen LogP contribution in [0, 0.1) is 0 Å². The maximum atomic E-state index is 13.1. The van der Waals surface area contributed by atoms with Gasteiger partial charge in [-0.05, 0) is 42.7 Å². The van der Waals surface area contributed by atoms with E-state index in [0.717, 1.165) is 18.5 Å². The fourth-order valence-corrected chi connectivity index (χ4v) is 4.84. The first-order valence-corrected chi connectivity index (χ1v) is 12.1. The maximum absolute atomic E-state index is 13.1. The number of hydrogen-bond donors (Lipinski definition) is 1. The summed E-state index contributed by atoms with van der Waals surface area (Å²) in [5.41, 5.74) is 2.50. The number of aliphatic imine (C=N–C) groups is 1. The Balaban J connectivity index is 1.50. The molecule has 3 aromatic carbocycles. The van der Waals surface area contributed by atoms with E-state index in [1.807, 2.05) is 48.5 Å². The van der Waals surface area contributed by atoms with E-state index in [4.69, 9.17) is 16.6 Å². The average molecular weight is 478 g/mol. The van der Waals surface area contributed by atoms with Crippen molar-refractivity contribution in [2.75, 3.05) is 11.9 Å². The monoisotopic (exact) mass is 477 g/mol. The molecule has 1 heterocycles. The predicted octanol–water partition coefficient (Wildman–Crippen LogP) is 5.93. The highest BCUT2D eigenvalue weighted by Crippen LogP contribution is 2.31. The summed E-state index contributed by atoms with van der Waals surface area (Å²) in [4.78, 5) is 32.5. The molecule has 1 aliphatic rings. The van der Waals surface area contributed by atoms with Crippen LogP contribution in [0.1, 0.15) is 18.4 Å². The van der Waals surface area contributed by atoms with Gasteiger partial charge in [-0.1, -0.05) is 84.0 Å². The molecule has 1 fully saturated rings. The van der Waals surface area contributed by atoms with Gasteiger partial charge in [0.15, 0.2) is 5.17 Å². The lowest BCUT2D eigenvalue weighted by Gasteiger charge is -2.32. The largest absolute Gasteiger partial charge is 0.324 e. The van der Waals surface area contributed by atoms with Gasteiger partial charge in [0.05, 0.1) is 16.4 Å². The third-order valence-corrected chi connectivity index (χ3v) is 6.75. The van der Waals surface area contributed by atoms with Crippen LogP contribution in [0.4, 0.5) is 11.4 Å². The number of carbonyl (C=O) groups excluding carboxylic acids is 2. The number of thioether (sulfide) groups is 1. The minimum Gasteiger partial charge on any atom is -0.324 e. The van der Waals surface area contributed by atoms with E-state index >= 15 is 0 Å². The van der Waals surface area contributed by atoms with Gasteiger partial charge in [0.2, 0.25) is 11.8 Å². The van der Waals surface area contributed by atoms with E-state index in [2.05, 4.69) is 17.4 Å². The molecule has 1 unspecified atom stereocenters. The number of amidine groups is 1. The molecule has 33 heavy (non-hydrogen) atoms. The van der Waals surface area contributed by atoms with E-state index in [-0.39, 0.29) is 18.2 Å². The van der Waals surface area contributed by atoms with Gasteiger partial charge in [0, 0.05) is 13.0 Å². The van der Waals surface area contributed by atoms with Gasteiger partial charge < -0.3 is 5.32 Å². The van der Waals surface area contributed by atoms with Crippen LogP contribution in [0.3, 0.4) is 0 Å². The number of rotatable bonds is 7. The Morgan fingerprint density at radius 3 is 2.39 bits per heavy atom. The normalized spacial score (nSPS) is 17.2. The van der Waals surface area contributed by atoms with Crippen LogP contribution >= 0.6 is 23.4 Å². The number of carbonyl (C=O) groups is 2. The van der Waals surface area contributed by atoms with Gasteiger partial charge in [-0.3, -0.25) is 14.5 Å². The molecule has 0 aromatic heterocycles. The van der Waals surface area contributed by atoms with Crippen LogP contribution in [0.5, 0.6) is 0 Å². The number of benzene rings is 3. The van der Waals surface area contributed by atoms with Gasteiger partial charge in [0.25, 0.3) is 0 Å². The van der Waals surface area contributed by atoms with Gasteiger partial charge in [-0.25, -0.2) is 4.99 Å². The highest BCUT2D eigenvalue weighted by molar-refractivity contribution is 8.15. The zero-order valence-electron chi connectivity index (χ0n) is 18.0. The average Bonchev–Trinajstić information content (AvgIpc) is 2.83. The minimum absolute atomic E-state index is 0.101. The number of amides is 2. The topological polar surface area (TPSA) is 61.8 Å². The van der Waals surface area contributed by atoms with Gasteiger partial charge >= 0.3 is 0 Å². The second-order valence-corrected chi connectivity index (χ2v) is 9.22. The zero-order chi connectivity index (χ0) is 23.0. The Labute approximate surface area is 202 Å². The number of nitrogens with one attached hydrogen (secondary N) is 1. The maximum Gasteiger partial charge on any atom is 0.238 e. The molecule has 0 radical (unpaired) electrons. The van der Waals surface area contributed by atoms with Crippen molar-refractivity contribution in [1.82, 2.24) is 4.90 Å². The summed E-state index contributed by atoms with van der Waals surface area (Å²) < 4.78 is 0. The molecule has 0 saturated carbocycles. The van der Waals surface area contributed by atoms with Crippen molar-refractivity contribution >= 4 is 51.7 Å². The summed E-state index contributed by atoms with van der Waals surface area (Å²) in [6.45, 7) is 0.547. The molecule has 1 aliphatic heterocycles. The molecular weight excluding hydrogens is 454 g/mol. The predicted molar refractivity (Wildman–Crippen MR) is 136 cm³/mol. The molecule has 2 amide bonds. The molecule has 0 aliphatic carbocycles. The molecule has 1 atom stereocenters. The zero-order valence-corrected chi connectivity index (χ0v) is 19.6. The highest BCUT2D eigenvalue weighted by atomic mass is 35.5. The number of halogens is 1. The van der Waals surface area contributed by atoms with Crippen LogP contribution in [0.2, 0.25) is 5.02 Å².